The van der Waals surface area contributed by atoms with Crippen molar-refractivity contribution in [2.45, 2.75) is 0 Å². The zero-order valence-electron chi connectivity index (χ0n) is 8.76. The van der Waals surface area contributed by atoms with E-state index >= 15 is 0 Å². The Morgan fingerprint density at radius 1 is 1.47 bits per heavy atom. The molecule has 0 spiro atoms. The van der Waals surface area contributed by atoms with E-state index < -0.39 is 0 Å². The Morgan fingerprint density at radius 3 is 2.87 bits per heavy atom. The van der Waals surface area contributed by atoms with Crippen LogP contribution in [0, 0.1) is 0 Å². The van der Waals surface area contributed by atoms with E-state index in [1.807, 2.05) is 4.90 Å². The van der Waals surface area contributed by atoms with Gasteiger partial charge < -0.3 is 20.5 Å². The summed E-state index contributed by atoms with van der Waals surface area (Å²) >= 11 is 0. The monoisotopic (exact) mass is 212 g/mol. The van der Waals surface area contributed by atoms with Crippen LogP contribution < -0.4 is 10.6 Å². The average molecular weight is 212 g/mol. The number of nitrogens with zero attached hydrogens (tertiary/aromatic N) is 3. The second-order valence-corrected chi connectivity index (χ2v) is 3.00. The van der Waals surface area contributed by atoms with Gasteiger partial charge in [0.1, 0.15) is 18.0 Å². The first-order valence-electron chi connectivity index (χ1n) is 4.70. The molecule has 0 aliphatic heterocycles. The summed E-state index contributed by atoms with van der Waals surface area (Å²) < 4.78 is 4.97. The molecular formula is C9H16N4O2. The summed E-state index contributed by atoms with van der Waals surface area (Å²) in [6.07, 6.45) is 1.40. The minimum absolute atomic E-state index is 0.0631. The van der Waals surface area contributed by atoms with Crippen molar-refractivity contribution in [2.24, 2.45) is 0 Å². The van der Waals surface area contributed by atoms with E-state index in [1.54, 1.807) is 13.2 Å². The van der Waals surface area contributed by atoms with Crippen LogP contribution in [-0.2, 0) is 4.74 Å². The SMILES string of the molecule is COCCN(CCO)c1cc(N)ncn1. The number of rotatable bonds is 6. The number of nitrogen functional groups attached to an aromatic ring is 1. The molecule has 15 heavy (non-hydrogen) atoms. The van der Waals surface area contributed by atoms with Crippen LogP contribution in [0.25, 0.3) is 0 Å². The molecule has 0 saturated carbocycles. The lowest BCUT2D eigenvalue weighted by Gasteiger charge is -2.22. The maximum Gasteiger partial charge on any atom is 0.134 e. The minimum Gasteiger partial charge on any atom is -0.395 e. The van der Waals surface area contributed by atoms with Crippen LogP contribution in [0.1, 0.15) is 0 Å². The third-order valence-electron chi connectivity index (χ3n) is 1.93. The number of aromatic nitrogens is 2. The van der Waals surface area contributed by atoms with Crippen molar-refractivity contribution in [3.63, 3.8) is 0 Å². The van der Waals surface area contributed by atoms with Crippen LogP contribution in [0.5, 0.6) is 0 Å². The zero-order chi connectivity index (χ0) is 11.1. The smallest absolute Gasteiger partial charge is 0.134 e. The molecule has 1 aromatic heterocycles. The van der Waals surface area contributed by atoms with E-state index in [2.05, 4.69) is 9.97 Å². The molecule has 84 valence electrons. The first-order chi connectivity index (χ1) is 7.27. The topological polar surface area (TPSA) is 84.5 Å². The van der Waals surface area contributed by atoms with Crippen molar-refractivity contribution in [2.75, 3.05) is 44.0 Å². The van der Waals surface area contributed by atoms with Crippen molar-refractivity contribution in [1.29, 1.82) is 0 Å². The Hall–Kier alpha value is -1.40. The number of anilines is 2. The highest BCUT2D eigenvalue weighted by Crippen LogP contribution is 2.11. The summed E-state index contributed by atoms with van der Waals surface area (Å²) in [5.74, 6) is 1.12. The lowest BCUT2D eigenvalue weighted by molar-refractivity contribution is 0.202. The number of ether oxygens (including phenoxy) is 1. The maximum atomic E-state index is 8.91. The van der Waals surface area contributed by atoms with E-state index in [9.17, 15) is 0 Å². The highest BCUT2D eigenvalue weighted by atomic mass is 16.5. The quantitative estimate of drug-likeness (QED) is 0.661. The van der Waals surface area contributed by atoms with E-state index in [4.69, 9.17) is 15.6 Å². The van der Waals surface area contributed by atoms with Crippen LogP contribution in [-0.4, -0.2) is 48.5 Å². The molecule has 1 aromatic rings. The van der Waals surface area contributed by atoms with Crippen molar-refractivity contribution < 1.29 is 9.84 Å². The summed E-state index contributed by atoms with van der Waals surface area (Å²) in [7, 11) is 1.63. The Balaban J connectivity index is 2.69. The predicted octanol–water partition coefficient (Wildman–Crippen LogP) is -0.496. The summed E-state index contributed by atoms with van der Waals surface area (Å²) in [5.41, 5.74) is 5.55. The van der Waals surface area contributed by atoms with Gasteiger partial charge in [-0.1, -0.05) is 0 Å². The van der Waals surface area contributed by atoms with Gasteiger partial charge in [-0.05, 0) is 0 Å². The summed E-state index contributed by atoms with van der Waals surface area (Å²) in [6, 6.07) is 1.67. The number of aliphatic hydroxyl groups excluding tert-OH is 1. The largest absolute Gasteiger partial charge is 0.395 e. The molecule has 0 atom stereocenters. The molecule has 0 unspecified atom stereocenters. The fraction of sp³-hybridized carbons (Fsp3) is 0.556. The van der Waals surface area contributed by atoms with Gasteiger partial charge in [-0.25, -0.2) is 9.97 Å². The lowest BCUT2D eigenvalue weighted by Crippen LogP contribution is -2.31. The van der Waals surface area contributed by atoms with Crippen molar-refractivity contribution in [3.05, 3.63) is 12.4 Å². The molecule has 0 fully saturated rings. The van der Waals surface area contributed by atoms with Gasteiger partial charge in [0.2, 0.25) is 0 Å². The van der Waals surface area contributed by atoms with Crippen LogP contribution in [0.3, 0.4) is 0 Å². The molecule has 3 N–H and O–H groups in total. The van der Waals surface area contributed by atoms with E-state index in [0.717, 1.165) is 0 Å². The molecule has 0 aliphatic rings. The van der Waals surface area contributed by atoms with E-state index in [-0.39, 0.29) is 6.61 Å². The maximum absolute atomic E-state index is 8.91. The van der Waals surface area contributed by atoms with Crippen molar-refractivity contribution in [1.82, 2.24) is 9.97 Å². The van der Waals surface area contributed by atoms with Crippen LogP contribution in [0.4, 0.5) is 11.6 Å². The predicted molar refractivity (Wildman–Crippen MR) is 57.6 cm³/mol. The fourth-order valence-corrected chi connectivity index (χ4v) is 1.20. The molecule has 0 aliphatic carbocycles. The van der Waals surface area contributed by atoms with Crippen LogP contribution in [0.15, 0.2) is 12.4 Å². The molecule has 1 heterocycles. The molecule has 0 radical (unpaired) electrons. The fourth-order valence-electron chi connectivity index (χ4n) is 1.20. The minimum atomic E-state index is 0.0631. The van der Waals surface area contributed by atoms with Gasteiger partial charge in [0.25, 0.3) is 0 Å². The first kappa shape index (κ1) is 11.7. The van der Waals surface area contributed by atoms with Gasteiger partial charge in [0, 0.05) is 26.3 Å². The third-order valence-corrected chi connectivity index (χ3v) is 1.93. The van der Waals surface area contributed by atoms with Gasteiger partial charge in [-0.15, -0.1) is 0 Å². The van der Waals surface area contributed by atoms with Crippen LogP contribution in [0.2, 0.25) is 0 Å². The Labute approximate surface area is 88.7 Å². The molecule has 6 nitrogen and oxygen atoms in total. The lowest BCUT2D eigenvalue weighted by atomic mass is 10.4. The van der Waals surface area contributed by atoms with Gasteiger partial charge in [0.15, 0.2) is 0 Å². The van der Waals surface area contributed by atoms with Crippen molar-refractivity contribution >= 4 is 11.6 Å². The standard InChI is InChI=1S/C9H16N4O2/c1-15-5-3-13(2-4-14)9-6-8(10)11-7-12-9/h6-7,14H,2-5H2,1H3,(H2,10,11,12). The number of methoxy groups -OCH3 is 1. The van der Waals surface area contributed by atoms with Crippen LogP contribution >= 0.6 is 0 Å². The number of aliphatic hydroxyl groups is 1. The summed E-state index contributed by atoms with van der Waals surface area (Å²) in [5, 5.41) is 8.91. The number of hydrogen-bond donors (Lipinski definition) is 2. The van der Waals surface area contributed by atoms with Gasteiger partial charge in [0.05, 0.1) is 13.2 Å². The van der Waals surface area contributed by atoms with Gasteiger partial charge in [-0.2, -0.15) is 0 Å². The highest BCUT2D eigenvalue weighted by Gasteiger charge is 2.07. The first-order valence-corrected chi connectivity index (χ1v) is 4.70. The highest BCUT2D eigenvalue weighted by molar-refractivity contribution is 5.45. The molecule has 0 saturated heterocycles. The summed E-state index contributed by atoms with van der Waals surface area (Å²) in [6.45, 7) is 1.80. The number of hydrogen-bond acceptors (Lipinski definition) is 6. The van der Waals surface area contributed by atoms with E-state index in [1.165, 1.54) is 6.33 Å². The number of nitrogens with two attached hydrogens (primary N) is 1. The van der Waals surface area contributed by atoms with Crippen molar-refractivity contribution in [3.8, 4) is 0 Å². The zero-order valence-corrected chi connectivity index (χ0v) is 8.76. The molecule has 0 bridgehead atoms. The van der Waals surface area contributed by atoms with Gasteiger partial charge in [-0.3, -0.25) is 0 Å². The Bertz CT molecular complexity index is 295. The molecule has 0 aromatic carbocycles. The van der Waals surface area contributed by atoms with Gasteiger partial charge >= 0.3 is 0 Å². The normalized spacial score (nSPS) is 10.3. The molecular weight excluding hydrogens is 196 g/mol. The molecule has 1 rings (SSSR count). The average Bonchev–Trinajstić information content (AvgIpc) is 2.24. The Morgan fingerprint density at radius 2 is 2.27 bits per heavy atom. The Kier molecular flexibility index (Phi) is 4.79. The second kappa shape index (κ2) is 6.15. The molecule has 6 heteroatoms. The third kappa shape index (κ3) is 3.69. The van der Waals surface area contributed by atoms with E-state index in [0.29, 0.717) is 31.3 Å². The second-order valence-electron chi connectivity index (χ2n) is 3.00. The summed E-state index contributed by atoms with van der Waals surface area (Å²) in [4.78, 5) is 9.78. The molecule has 0 amide bonds.